The van der Waals surface area contributed by atoms with Crippen LogP contribution in [-0.2, 0) is 10.0 Å². The van der Waals surface area contributed by atoms with Crippen LogP contribution in [0, 0.1) is 13.8 Å². The first-order chi connectivity index (χ1) is 10.2. The molecule has 2 rings (SSSR count). The van der Waals surface area contributed by atoms with Gasteiger partial charge >= 0.3 is 6.55 Å². The molecule has 0 spiro atoms. The molecular formula is C13H22F2N4O2S. The van der Waals surface area contributed by atoms with E-state index in [1.165, 1.54) is 13.8 Å². The Labute approximate surface area is 129 Å². The van der Waals surface area contributed by atoms with Crippen LogP contribution in [0.4, 0.5) is 8.78 Å². The summed E-state index contributed by atoms with van der Waals surface area (Å²) in [5.41, 5.74) is 0.0351. The summed E-state index contributed by atoms with van der Waals surface area (Å²) in [7, 11) is -3.85. The third kappa shape index (κ3) is 3.47. The van der Waals surface area contributed by atoms with Gasteiger partial charge in [0.15, 0.2) is 0 Å². The van der Waals surface area contributed by atoms with E-state index in [0.29, 0.717) is 4.68 Å². The number of sulfonamides is 1. The molecule has 0 unspecified atom stereocenters. The van der Waals surface area contributed by atoms with Crippen molar-refractivity contribution in [2.45, 2.75) is 51.1 Å². The molecule has 0 bridgehead atoms. The Balaban J connectivity index is 2.13. The molecular weight excluding hydrogens is 314 g/mol. The van der Waals surface area contributed by atoms with Gasteiger partial charge in [-0.15, -0.1) is 0 Å². The van der Waals surface area contributed by atoms with Crippen molar-refractivity contribution in [2.75, 3.05) is 19.6 Å². The smallest absolute Gasteiger partial charge is 0.299 e. The number of aromatic nitrogens is 2. The first-order valence-electron chi connectivity index (χ1n) is 7.31. The molecule has 1 aromatic heterocycles. The van der Waals surface area contributed by atoms with Crippen LogP contribution in [0.25, 0.3) is 0 Å². The Morgan fingerprint density at radius 1 is 1.27 bits per heavy atom. The minimum absolute atomic E-state index is 0.0474. The number of rotatable bonds is 6. The predicted molar refractivity (Wildman–Crippen MR) is 78.4 cm³/mol. The number of halogens is 2. The normalized spacial score (nSPS) is 18.3. The molecule has 1 aliphatic heterocycles. The van der Waals surface area contributed by atoms with E-state index in [9.17, 15) is 17.2 Å². The molecule has 1 N–H and O–H groups in total. The molecule has 9 heteroatoms. The van der Waals surface area contributed by atoms with Gasteiger partial charge in [-0.1, -0.05) is 0 Å². The van der Waals surface area contributed by atoms with Crippen LogP contribution in [0.3, 0.4) is 0 Å². The van der Waals surface area contributed by atoms with Crippen LogP contribution in [-0.4, -0.2) is 48.8 Å². The third-order valence-corrected chi connectivity index (χ3v) is 5.72. The van der Waals surface area contributed by atoms with Crippen LogP contribution < -0.4 is 4.72 Å². The average Bonchev–Trinajstić information content (AvgIpc) is 3.04. The minimum Gasteiger partial charge on any atom is -0.299 e. The van der Waals surface area contributed by atoms with Crippen LogP contribution >= 0.6 is 0 Å². The Morgan fingerprint density at radius 2 is 1.86 bits per heavy atom. The lowest BCUT2D eigenvalue weighted by atomic mass is 10.3. The van der Waals surface area contributed by atoms with E-state index in [1.54, 1.807) is 0 Å². The summed E-state index contributed by atoms with van der Waals surface area (Å²) in [6.07, 6.45) is 2.24. The molecule has 0 amide bonds. The molecule has 0 aromatic carbocycles. The molecule has 1 aliphatic rings. The van der Waals surface area contributed by atoms with Crippen LogP contribution in [0.1, 0.15) is 37.7 Å². The Morgan fingerprint density at radius 3 is 2.36 bits per heavy atom. The van der Waals surface area contributed by atoms with E-state index >= 15 is 0 Å². The number of aryl methyl sites for hydroxylation is 1. The third-order valence-electron chi connectivity index (χ3n) is 4.04. The molecule has 0 saturated carbocycles. The molecule has 0 radical (unpaired) electrons. The lowest BCUT2D eigenvalue weighted by Gasteiger charge is -2.23. The number of likely N-dealkylation sites (tertiary alicyclic amines) is 1. The predicted octanol–water partition coefficient (Wildman–Crippen LogP) is 1.66. The van der Waals surface area contributed by atoms with E-state index in [-0.39, 0.29) is 28.9 Å². The summed E-state index contributed by atoms with van der Waals surface area (Å²) in [5.74, 6) is 0. The first-order valence-corrected chi connectivity index (χ1v) is 8.80. The molecule has 6 nitrogen and oxygen atoms in total. The fraction of sp³-hybridized carbons (Fsp3) is 0.769. The summed E-state index contributed by atoms with van der Waals surface area (Å²) >= 11 is 0. The van der Waals surface area contributed by atoms with Crippen molar-refractivity contribution in [1.29, 1.82) is 0 Å². The molecule has 0 aliphatic carbocycles. The number of alkyl halides is 2. The zero-order valence-electron chi connectivity index (χ0n) is 13.0. The molecule has 1 fully saturated rings. The Kier molecular flexibility index (Phi) is 5.18. The van der Waals surface area contributed by atoms with Gasteiger partial charge in [-0.25, -0.2) is 17.8 Å². The van der Waals surface area contributed by atoms with Crippen molar-refractivity contribution in [3.8, 4) is 0 Å². The van der Waals surface area contributed by atoms with E-state index < -0.39 is 16.6 Å². The standard InChI is InChI=1S/C13H22F2N4O2S/c1-9(18-6-4-5-7-18)8-16-22(20,21)12-10(2)17-19(11(12)3)13(14)15/h9,13,16H,4-8H2,1-3H3/t9-/m0/s1. The Bertz CT molecular complexity index is 624. The topological polar surface area (TPSA) is 67.2 Å². The van der Waals surface area contributed by atoms with Crippen molar-refractivity contribution in [3.05, 3.63) is 11.4 Å². The van der Waals surface area contributed by atoms with E-state index in [4.69, 9.17) is 0 Å². The highest BCUT2D eigenvalue weighted by atomic mass is 32.2. The van der Waals surface area contributed by atoms with Gasteiger partial charge in [-0.2, -0.15) is 13.9 Å². The molecule has 2 heterocycles. The van der Waals surface area contributed by atoms with Gasteiger partial charge in [0, 0.05) is 12.6 Å². The second-order valence-corrected chi connectivity index (χ2v) is 7.37. The zero-order chi connectivity index (χ0) is 16.5. The lowest BCUT2D eigenvalue weighted by Crippen LogP contribution is -2.40. The van der Waals surface area contributed by atoms with Gasteiger partial charge in [-0.3, -0.25) is 4.90 Å². The summed E-state index contributed by atoms with van der Waals surface area (Å²) in [6, 6.07) is 0.0723. The number of hydrogen-bond donors (Lipinski definition) is 1. The summed E-state index contributed by atoms with van der Waals surface area (Å²) in [5, 5.41) is 3.62. The van der Waals surface area contributed by atoms with Gasteiger partial charge < -0.3 is 0 Å². The zero-order valence-corrected chi connectivity index (χ0v) is 13.8. The average molecular weight is 336 g/mol. The fourth-order valence-corrected chi connectivity index (χ4v) is 4.36. The monoisotopic (exact) mass is 336 g/mol. The van der Waals surface area contributed by atoms with Gasteiger partial charge in [0.05, 0.1) is 11.4 Å². The maximum atomic E-state index is 12.8. The number of nitrogens with one attached hydrogen (secondary N) is 1. The van der Waals surface area contributed by atoms with Crippen LogP contribution in [0.15, 0.2) is 4.90 Å². The van der Waals surface area contributed by atoms with Crippen molar-refractivity contribution in [2.24, 2.45) is 0 Å². The molecule has 1 aromatic rings. The number of hydrogen-bond acceptors (Lipinski definition) is 4. The SMILES string of the molecule is Cc1nn(C(F)F)c(C)c1S(=O)(=O)NC[C@H](C)N1CCCC1. The molecule has 126 valence electrons. The summed E-state index contributed by atoms with van der Waals surface area (Å²) in [4.78, 5) is 2.06. The van der Waals surface area contributed by atoms with E-state index in [2.05, 4.69) is 14.7 Å². The highest BCUT2D eigenvalue weighted by molar-refractivity contribution is 7.89. The molecule has 1 atom stereocenters. The molecule has 22 heavy (non-hydrogen) atoms. The first kappa shape index (κ1) is 17.3. The van der Waals surface area contributed by atoms with Gasteiger partial charge in [0.2, 0.25) is 10.0 Å². The van der Waals surface area contributed by atoms with Crippen molar-refractivity contribution in [1.82, 2.24) is 19.4 Å². The number of nitrogens with zero attached hydrogens (tertiary/aromatic N) is 3. The quantitative estimate of drug-likeness (QED) is 0.858. The van der Waals surface area contributed by atoms with E-state index in [1.807, 2.05) is 6.92 Å². The van der Waals surface area contributed by atoms with Gasteiger partial charge in [0.1, 0.15) is 4.90 Å². The maximum Gasteiger partial charge on any atom is 0.333 e. The summed E-state index contributed by atoms with van der Waals surface area (Å²) in [6.45, 7) is 4.03. The van der Waals surface area contributed by atoms with Crippen molar-refractivity contribution >= 4 is 10.0 Å². The second-order valence-electron chi connectivity index (χ2n) is 5.67. The maximum absolute atomic E-state index is 12.8. The van der Waals surface area contributed by atoms with Crippen LogP contribution in [0.2, 0.25) is 0 Å². The van der Waals surface area contributed by atoms with Gasteiger partial charge in [0.25, 0.3) is 0 Å². The second kappa shape index (κ2) is 6.59. The Hall–Kier alpha value is -1.06. The largest absolute Gasteiger partial charge is 0.333 e. The highest BCUT2D eigenvalue weighted by Crippen LogP contribution is 2.23. The van der Waals surface area contributed by atoms with Crippen LogP contribution in [0.5, 0.6) is 0 Å². The van der Waals surface area contributed by atoms with E-state index in [0.717, 1.165) is 25.9 Å². The minimum atomic E-state index is -3.85. The lowest BCUT2D eigenvalue weighted by molar-refractivity contribution is 0.0538. The fourth-order valence-electron chi connectivity index (χ4n) is 2.84. The van der Waals surface area contributed by atoms with Crippen molar-refractivity contribution in [3.63, 3.8) is 0 Å². The summed E-state index contributed by atoms with van der Waals surface area (Å²) < 4.78 is 53.4. The highest BCUT2D eigenvalue weighted by Gasteiger charge is 2.28. The molecule has 1 saturated heterocycles. The van der Waals surface area contributed by atoms with Crippen molar-refractivity contribution < 1.29 is 17.2 Å². The van der Waals surface area contributed by atoms with Gasteiger partial charge in [-0.05, 0) is 46.7 Å².